The summed E-state index contributed by atoms with van der Waals surface area (Å²) in [5.74, 6) is -2.35. The van der Waals surface area contributed by atoms with E-state index in [-0.39, 0.29) is 5.78 Å². The Labute approximate surface area is 178 Å². The van der Waals surface area contributed by atoms with Gasteiger partial charge in [0.15, 0.2) is 5.78 Å². The van der Waals surface area contributed by atoms with Gasteiger partial charge in [-0.2, -0.15) is 0 Å². The van der Waals surface area contributed by atoms with Crippen LogP contribution in [-0.2, 0) is 9.59 Å². The molecule has 0 bridgehead atoms. The topological polar surface area (TPSA) is 63.7 Å². The summed E-state index contributed by atoms with van der Waals surface area (Å²) in [4.78, 5) is 40.7. The van der Waals surface area contributed by atoms with E-state index in [1.54, 1.807) is 86.0 Å². The van der Waals surface area contributed by atoms with E-state index in [0.29, 0.717) is 27.6 Å². The first-order valence-electron chi connectivity index (χ1n) is 9.37. The second-order valence-corrected chi connectivity index (χ2v) is 7.38. The van der Waals surface area contributed by atoms with Crippen LogP contribution in [0.3, 0.4) is 0 Å². The van der Waals surface area contributed by atoms with Crippen molar-refractivity contribution in [1.29, 1.82) is 0 Å². The largest absolute Gasteiger partial charge is 0.497 e. The van der Waals surface area contributed by atoms with Crippen LogP contribution >= 0.6 is 11.6 Å². The Balaban J connectivity index is 1.84. The molecule has 30 heavy (non-hydrogen) atoms. The highest BCUT2D eigenvalue weighted by atomic mass is 35.5. The van der Waals surface area contributed by atoms with Crippen LogP contribution in [0.25, 0.3) is 0 Å². The number of carbonyl (C=O) groups excluding carboxylic acids is 3. The monoisotopic (exact) mass is 419 g/mol. The van der Waals surface area contributed by atoms with Crippen LogP contribution in [0.1, 0.15) is 22.0 Å². The zero-order valence-electron chi connectivity index (χ0n) is 16.1. The molecule has 1 aliphatic heterocycles. The van der Waals surface area contributed by atoms with E-state index in [0.717, 1.165) is 0 Å². The molecule has 4 rings (SSSR count). The van der Waals surface area contributed by atoms with Crippen LogP contribution in [0.4, 0.5) is 5.69 Å². The first-order chi connectivity index (χ1) is 14.5. The highest BCUT2D eigenvalue weighted by molar-refractivity contribution is 6.49. The zero-order chi connectivity index (χ0) is 21.3. The van der Waals surface area contributed by atoms with Crippen molar-refractivity contribution >= 4 is 34.8 Å². The van der Waals surface area contributed by atoms with E-state index in [4.69, 9.17) is 16.3 Å². The highest BCUT2D eigenvalue weighted by Crippen LogP contribution is 2.41. The Morgan fingerprint density at radius 3 is 2.13 bits per heavy atom. The molecule has 0 saturated carbocycles. The van der Waals surface area contributed by atoms with Crippen LogP contribution in [-0.4, -0.2) is 24.6 Å². The normalized spacial score (nSPS) is 18.5. The van der Waals surface area contributed by atoms with Gasteiger partial charge < -0.3 is 4.74 Å². The third kappa shape index (κ3) is 3.48. The molecular weight excluding hydrogens is 402 g/mol. The lowest BCUT2D eigenvalue weighted by Crippen LogP contribution is -2.30. The van der Waals surface area contributed by atoms with Gasteiger partial charge in [-0.05, 0) is 42.0 Å². The summed E-state index contributed by atoms with van der Waals surface area (Å²) in [6, 6.07) is 21.4. The van der Waals surface area contributed by atoms with Gasteiger partial charge in [-0.1, -0.05) is 54.1 Å². The number of benzene rings is 3. The Kier molecular flexibility index (Phi) is 5.38. The molecule has 0 spiro atoms. The lowest BCUT2D eigenvalue weighted by molar-refractivity contribution is -0.135. The molecule has 150 valence electrons. The molecule has 0 aromatic heterocycles. The number of hydrogen-bond donors (Lipinski definition) is 0. The summed E-state index contributed by atoms with van der Waals surface area (Å²) >= 11 is 6.03. The van der Waals surface area contributed by atoms with Crippen LogP contribution in [0.2, 0.25) is 5.02 Å². The van der Waals surface area contributed by atoms with Crippen LogP contribution in [0, 0.1) is 5.92 Å². The predicted molar refractivity (Wildman–Crippen MR) is 114 cm³/mol. The van der Waals surface area contributed by atoms with Gasteiger partial charge in [0.25, 0.3) is 5.91 Å². The highest BCUT2D eigenvalue weighted by Gasteiger charge is 2.52. The van der Waals surface area contributed by atoms with Crippen LogP contribution in [0.15, 0.2) is 78.9 Å². The fourth-order valence-corrected chi connectivity index (χ4v) is 3.86. The van der Waals surface area contributed by atoms with E-state index in [9.17, 15) is 14.4 Å². The predicted octanol–water partition coefficient (Wildman–Crippen LogP) is 4.50. The van der Waals surface area contributed by atoms with E-state index >= 15 is 0 Å². The van der Waals surface area contributed by atoms with Crippen molar-refractivity contribution in [2.24, 2.45) is 5.92 Å². The van der Waals surface area contributed by atoms with Gasteiger partial charge in [0, 0.05) is 16.3 Å². The minimum atomic E-state index is -1.15. The summed E-state index contributed by atoms with van der Waals surface area (Å²) in [5, 5.41) is 0.524. The fraction of sp³-hybridized carbons (Fsp3) is 0.125. The molecule has 3 aromatic rings. The van der Waals surface area contributed by atoms with Gasteiger partial charge in [-0.15, -0.1) is 0 Å². The van der Waals surface area contributed by atoms with E-state index in [2.05, 4.69) is 0 Å². The van der Waals surface area contributed by atoms with Crippen molar-refractivity contribution in [2.45, 2.75) is 6.04 Å². The quantitative estimate of drug-likeness (QED) is 0.347. The van der Waals surface area contributed by atoms with E-state index < -0.39 is 23.7 Å². The van der Waals surface area contributed by atoms with Crippen molar-refractivity contribution < 1.29 is 19.1 Å². The maximum Gasteiger partial charge on any atom is 0.295 e. The van der Waals surface area contributed by atoms with Gasteiger partial charge in [-0.25, -0.2) is 0 Å². The Morgan fingerprint density at radius 2 is 1.53 bits per heavy atom. The number of anilines is 1. The number of methoxy groups -OCH3 is 1. The molecule has 1 amide bonds. The number of ketones is 2. The zero-order valence-corrected chi connectivity index (χ0v) is 16.9. The summed E-state index contributed by atoms with van der Waals surface area (Å²) in [6.45, 7) is 0. The van der Waals surface area contributed by atoms with Gasteiger partial charge in [-0.3, -0.25) is 19.3 Å². The first-order valence-corrected chi connectivity index (χ1v) is 9.75. The fourth-order valence-electron chi connectivity index (χ4n) is 3.74. The van der Waals surface area contributed by atoms with Gasteiger partial charge in [0.2, 0.25) is 5.78 Å². The smallest absolute Gasteiger partial charge is 0.295 e. The van der Waals surface area contributed by atoms with Crippen molar-refractivity contribution in [1.82, 2.24) is 0 Å². The maximum atomic E-state index is 13.3. The Hall–Kier alpha value is -3.44. The average molecular weight is 420 g/mol. The number of amides is 1. The van der Waals surface area contributed by atoms with E-state index in [1.165, 1.54) is 4.90 Å². The molecule has 1 heterocycles. The first kappa shape index (κ1) is 19.9. The number of hydrogen-bond acceptors (Lipinski definition) is 4. The van der Waals surface area contributed by atoms with E-state index in [1.807, 2.05) is 0 Å². The number of rotatable bonds is 5. The average Bonchev–Trinajstić information content (AvgIpc) is 3.05. The van der Waals surface area contributed by atoms with Crippen molar-refractivity contribution in [3.8, 4) is 5.75 Å². The van der Waals surface area contributed by atoms with Crippen LogP contribution < -0.4 is 9.64 Å². The van der Waals surface area contributed by atoms with Crippen LogP contribution in [0.5, 0.6) is 5.75 Å². The van der Waals surface area contributed by atoms with Gasteiger partial charge in [0.05, 0.1) is 13.2 Å². The second-order valence-electron chi connectivity index (χ2n) is 6.94. The summed E-state index contributed by atoms with van der Waals surface area (Å²) in [5.41, 5.74) is 1.56. The molecule has 0 radical (unpaired) electrons. The van der Waals surface area contributed by atoms with Crippen molar-refractivity contribution in [3.63, 3.8) is 0 Å². The molecule has 2 unspecified atom stereocenters. The lowest BCUT2D eigenvalue weighted by Gasteiger charge is -2.27. The molecule has 5 nitrogen and oxygen atoms in total. The minimum Gasteiger partial charge on any atom is -0.497 e. The number of carbonyl (C=O) groups is 3. The molecule has 1 aliphatic rings. The summed E-state index contributed by atoms with van der Waals surface area (Å²) in [6.07, 6.45) is 0. The lowest BCUT2D eigenvalue weighted by atomic mass is 9.86. The molecule has 2 atom stereocenters. The third-order valence-corrected chi connectivity index (χ3v) is 5.46. The molecule has 6 heteroatoms. The molecule has 3 aromatic carbocycles. The maximum absolute atomic E-state index is 13.3. The molecular formula is C24H18ClNO4. The molecule has 1 fully saturated rings. The number of ether oxygens (including phenoxy) is 1. The molecule has 1 saturated heterocycles. The number of Topliss-reactive ketones (excluding diaryl/α,β-unsaturated/α-hetero) is 2. The number of nitrogens with zero attached hydrogens (tertiary/aromatic N) is 1. The van der Waals surface area contributed by atoms with Crippen molar-refractivity contribution in [3.05, 3.63) is 95.0 Å². The minimum absolute atomic E-state index is 0.384. The Bertz CT molecular complexity index is 1090. The number of halogens is 1. The summed E-state index contributed by atoms with van der Waals surface area (Å²) < 4.78 is 5.18. The SMILES string of the molecule is COc1ccc(N2C(=O)C(=O)C(C(=O)c3ccccc3)C2c2ccc(Cl)cc2)cc1. The second kappa shape index (κ2) is 8.13. The standard InChI is InChI=1S/C24H18ClNO4/c1-30-19-13-11-18(12-14-19)26-21(15-7-9-17(25)10-8-15)20(23(28)24(26)29)22(27)16-5-3-2-4-6-16/h2-14,20-21H,1H3. The summed E-state index contributed by atoms with van der Waals surface area (Å²) in [7, 11) is 1.55. The van der Waals surface area contributed by atoms with Gasteiger partial charge in [0.1, 0.15) is 11.7 Å². The third-order valence-electron chi connectivity index (χ3n) is 5.21. The molecule has 0 N–H and O–H groups in total. The Morgan fingerprint density at radius 1 is 0.900 bits per heavy atom. The van der Waals surface area contributed by atoms with Gasteiger partial charge >= 0.3 is 0 Å². The molecule has 0 aliphatic carbocycles. The van der Waals surface area contributed by atoms with Crippen molar-refractivity contribution in [2.75, 3.05) is 12.0 Å².